The molecule has 0 amide bonds. The van der Waals surface area contributed by atoms with E-state index in [0.717, 1.165) is 5.82 Å². The second-order valence-corrected chi connectivity index (χ2v) is 5.87. The Morgan fingerprint density at radius 2 is 1.88 bits per heavy atom. The topological polar surface area (TPSA) is 116 Å². The van der Waals surface area contributed by atoms with Gasteiger partial charge in [-0.15, -0.1) is 15.3 Å². The van der Waals surface area contributed by atoms with Crippen molar-refractivity contribution in [2.45, 2.75) is 0 Å². The Hall–Kier alpha value is -3.74. The number of nitro benzene ring substituents is 1. The highest BCUT2D eigenvalue weighted by Gasteiger charge is 2.25. The maximum absolute atomic E-state index is 11.4. The normalized spacial score (nSPS) is 14.4. The number of aromatic nitrogens is 4. The van der Waals surface area contributed by atoms with Crippen molar-refractivity contribution in [1.82, 2.24) is 19.8 Å². The standard InChI is InChI=1S/C16H14N8O2/c17-10-12-1-2-13(14(9-12)24(25)26)21-5-7-22(8-6-21)16-4-3-15-19-18-11-23(15)20-16/h1-4,9,11H,5-8H2. The minimum absolute atomic E-state index is 0.0402. The van der Waals surface area contributed by atoms with Crippen LogP contribution in [-0.4, -0.2) is 50.9 Å². The molecule has 10 heteroatoms. The SMILES string of the molecule is N#Cc1ccc(N2CCN(c3ccc4nncn4n3)CC2)c([N+](=O)[O-])c1. The molecule has 0 N–H and O–H groups in total. The average molecular weight is 350 g/mol. The molecule has 10 nitrogen and oxygen atoms in total. The third-order valence-electron chi connectivity index (χ3n) is 4.39. The van der Waals surface area contributed by atoms with E-state index in [2.05, 4.69) is 20.2 Å². The predicted molar refractivity (Wildman–Crippen MR) is 93.0 cm³/mol. The van der Waals surface area contributed by atoms with E-state index in [1.54, 1.807) is 23.0 Å². The molecule has 3 heterocycles. The maximum atomic E-state index is 11.4. The first-order valence-electron chi connectivity index (χ1n) is 8.01. The number of fused-ring (bicyclic) bond motifs is 1. The number of benzene rings is 1. The molecule has 0 atom stereocenters. The monoisotopic (exact) mass is 350 g/mol. The van der Waals surface area contributed by atoms with Gasteiger partial charge in [0.2, 0.25) is 0 Å². The summed E-state index contributed by atoms with van der Waals surface area (Å²) in [6.45, 7) is 2.60. The lowest BCUT2D eigenvalue weighted by Crippen LogP contribution is -2.47. The highest BCUT2D eigenvalue weighted by molar-refractivity contribution is 5.66. The van der Waals surface area contributed by atoms with Crippen molar-refractivity contribution < 1.29 is 4.92 Å². The Morgan fingerprint density at radius 1 is 1.12 bits per heavy atom. The predicted octanol–water partition coefficient (Wildman–Crippen LogP) is 1.23. The van der Waals surface area contributed by atoms with Crippen molar-refractivity contribution in [2.24, 2.45) is 0 Å². The second kappa shape index (κ2) is 6.29. The molecule has 26 heavy (non-hydrogen) atoms. The van der Waals surface area contributed by atoms with Crippen LogP contribution in [0.3, 0.4) is 0 Å². The molecule has 3 aromatic rings. The zero-order chi connectivity index (χ0) is 18.1. The molecule has 1 saturated heterocycles. The molecule has 2 aromatic heterocycles. The van der Waals surface area contributed by atoms with Gasteiger partial charge in [0.1, 0.15) is 17.8 Å². The number of hydrogen-bond donors (Lipinski definition) is 0. The van der Waals surface area contributed by atoms with Gasteiger partial charge in [-0.2, -0.15) is 9.78 Å². The van der Waals surface area contributed by atoms with Crippen LogP contribution >= 0.6 is 0 Å². The van der Waals surface area contributed by atoms with Gasteiger partial charge in [0.05, 0.1) is 16.6 Å². The fourth-order valence-corrected chi connectivity index (χ4v) is 3.07. The van der Waals surface area contributed by atoms with Crippen LogP contribution in [0.25, 0.3) is 5.65 Å². The van der Waals surface area contributed by atoms with Crippen LogP contribution in [0.5, 0.6) is 0 Å². The lowest BCUT2D eigenvalue weighted by atomic mass is 10.1. The number of nitrogens with zero attached hydrogens (tertiary/aromatic N) is 8. The zero-order valence-corrected chi connectivity index (χ0v) is 13.7. The van der Waals surface area contributed by atoms with Crippen molar-refractivity contribution in [2.75, 3.05) is 36.0 Å². The molecule has 0 aliphatic carbocycles. The van der Waals surface area contributed by atoms with Gasteiger partial charge in [0.15, 0.2) is 5.65 Å². The highest BCUT2D eigenvalue weighted by atomic mass is 16.6. The number of piperazine rings is 1. The van der Waals surface area contributed by atoms with Gasteiger partial charge >= 0.3 is 0 Å². The number of rotatable bonds is 3. The summed E-state index contributed by atoms with van der Waals surface area (Å²) in [4.78, 5) is 15.0. The molecule has 0 spiro atoms. The molecule has 130 valence electrons. The molecule has 1 aliphatic rings. The van der Waals surface area contributed by atoms with Gasteiger partial charge in [-0.05, 0) is 24.3 Å². The van der Waals surface area contributed by atoms with Crippen LogP contribution in [-0.2, 0) is 0 Å². The zero-order valence-electron chi connectivity index (χ0n) is 13.7. The van der Waals surface area contributed by atoms with E-state index in [0.29, 0.717) is 37.5 Å². The van der Waals surface area contributed by atoms with Crippen molar-refractivity contribution in [3.05, 3.63) is 52.3 Å². The number of anilines is 2. The minimum atomic E-state index is -0.440. The fraction of sp³-hybridized carbons (Fsp3) is 0.250. The number of hydrogen-bond acceptors (Lipinski definition) is 8. The smallest absolute Gasteiger partial charge is 0.293 e. The van der Waals surface area contributed by atoms with Crippen LogP contribution in [0.2, 0.25) is 0 Å². The summed E-state index contributed by atoms with van der Waals surface area (Å²) in [5.41, 5.74) is 1.46. The van der Waals surface area contributed by atoms with Gasteiger partial charge in [0.25, 0.3) is 5.69 Å². The van der Waals surface area contributed by atoms with Crippen molar-refractivity contribution in [3.63, 3.8) is 0 Å². The van der Waals surface area contributed by atoms with Crippen molar-refractivity contribution in [3.8, 4) is 6.07 Å². The average Bonchev–Trinajstić information content (AvgIpc) is 3.15. The molecule has 0 saturated carbocycles. The van der Waals surface area contributed by atoms with Gasteiger partial charge < -0.3 is 9.80 Å². The van der Waals surface area contributed by atoms with Crippen LogP contribution in [0.4, 0.5) is 17.2 Å². The Morgan fingerprint density at radius 3 is 2.62 bits per heavy atom. The number of nitriles is 1. The van der Waals surface area contributed by atoms with E-state index in [9.17, 15) is 10.1 Å². The summed E-state index contributed by atoms with van der Waals surface area (Å²) in [6, 6.07) is 10.3. The lowest BCUT2D eigenvalue weighted by molar-refractivity contribution is -0.384. The molecule has 1 aromatic carbocycles. The summed E-state index contributed by atoms with van der Waals surface area (Å²) >= 11 is 0. The van der Waals surface area contributed by atoms with E-state index in [-0.39, 0.29) is 11.3 Å². The van der Waals surface area contributed by atoms with Crippen LogP contribution in [0.1, 0.15) is 5.56 Å². The molecule has 4 rings (SSSR count). The largest absolute Gasteiger partial charge is 0.362 e. The van der Waals surface area contributed by atoms with Crippen LogP contribution in [0, 0.1) is 21.4 Å². The maximum Gasteiger partial charge on any atom is 0.293 e. The van der Waals surface area contributed by atoms with E-state index in [1.165, 1.54) is 6.07 Å². The first-order valence-corrected chi connectivity index (χ1v) is 8.01. The van der Waals surface area contributed by atoms with E-state index in [1.807, 2.05) is 23.1 Å². The summed E-state index contributed by atoms with van der Waals surface area (Å²) in [5, 5.41) is 32.5. The van der Waals surface area contributed by atoms with Gasteiger partial charge in [0, 0.05) is 32.2 Å². The molecule has 1 aliphatic heterocycles. The summed E-state index contributed by atoms with van der Waals surface area (Å²) in [5.74, 6) is 0.811. The molecule has 0 bridgehead atoms. The molecule has 1 fully saturated rings. The van der Waals surface area contributed by atoms with E-state index >= 15 is 0 Å². The first kappa shape index (κ1) is 15.8. The minimum Gasteiger partial charge on any atom is -0.362 e. The van der Waals surface area contributed by atoms with Gasteiger partial charge in [-0.1, -0.05) is 0 Å². The van der Waals surface area contributed by atoms with Crippen LogP contribution in [0.15, 0.2) is 36.7 Å². The summed E-state index contributed by atoms with van der Waals surface area (Å²) < 4.78 is 1.62. The number of nitro groups is 1. The van der Waals surface area contributed by atoms with Crippen LogP contribution < -0.4 is 9.80 Å². The van der Waals surface area contributed by atoms with Crippen molar-refractivity contribution >= 4 is 22.8 Å². The Balaban J connectivity index is 1.53. The molecule has 0 unspecified atom stereocenters. The van der Waals surface area contributed by atoms with E-state index in [4.69, 9.17) is 5.26 Å². The van der Waals surface area contributed by atoms with Gasteiger partial charge in [-0.3, -0.25) is 10.1 Å². The summed E-state index contributed by atoms with van der Waals surface area (Å²) in [6.07, 6.45) is 1.55. The quantitative estimate of drug-likeness (QED) is 0.511. The van der Waals surface area contributed by atoms with Crippen molar-refractivity contribution in [1.29, 1.82) is 5.26 Å². The van der Waals surface area contributed by atoms with Gasteiger partial charge in [-0.25, -0.2) is 0 Å². The van der Waals surface area contributed by atoms with E-state index < -0.39 is 4.92 Å². The third-order valence-corrected chi connectivity index (χ3v) is 4.39. The fourth-order valence-electron chi connectivity index (χ4n) is 3.07. The Kier molecular flexibility index (Phi) is 3.81. The second-order valence-electron chi connectivity index (χ2n) is 5.87. The summed E-state index contributed by atoms with van der Waals surface area (Å²) in [7, 11) is 0. The molecule has 0 radical (unpaired) electrons. The Labute approximate surface area is 148 Å². The lowest BCUT2D eigenvalue weighted by Gasteiger charge is -2.36. The molecular weight excluding hydrogens is 336 g/mol. The first-order chi connectivity index (χ1) is 12.7. The highest BCUT2D eigenvalue weighted by Crippen LogP contribution is 2.30. The Bertz CT molecular complexity index is 1020. The third kappa shape index (κ3) is 2.75. The molecular formula is C16H14N8O2.